The SMILES string of the molecule is CCc1ccccc1N(C(=O)c1snc(C(N)=O)c1N)[C@H](C(=O)NC1CCCC1)c1cc(OC)ccc1OC. The van der Waals surface area contributed by atoms with Crippen LogP contribution in [-0.2, 0) is 11.2 Å². The van der Waals surface area contributed by atoms with E-state index in [2.05, 4.69) is 9.69 Å². The Morgan fingerprint density at radius 2 is 1.85 bits per heavy atom. The van der Waals surface area contributed by atoms with E-state index >= 15 is 0 Å². The number of carbonyl (C=O) groups excluding carboxylic acids is 3. The molecule has 2 aromatic carbocycles. The van der Waals surface area contributed by atoms with Crippen LogP contribution in [0.25, 0.3) is 0 Å². The number of anilines is 2. The Morgan fingerprint density at radius 3 is 2.46 bits per heavy atom. The molecule has 1 saturated carbocycles. The monoisotopic (exact) mass is 551 g/mol. The maximum atomic E-state index is 14.4. The lowest BCUT2D eigenvalue weighted by atomic mass is 9.98. The second-order valence-corrected chi connectivity index (χ2v) is 10.1. The lowest BCUT2D eigenvalue weighted by molar-refractivity contribution is -0.123. The minimum Gasteiger partial charge on any atom is -0.497 e. The Bertz CT molecular complexity index is 1370. The molecule has 39 heavy (non-hydrogen) atoms. The molecular formula is C28H33N5O5S. The average molecular weight is 552 g/mol. The summed E-state index contributed by atoms with van der Waals surface area (Å²) in [5.74, 6) is -0.896. The molecule has 0 saturated heterocycles. The van der Waals surface area contributed by atoms with E-state index in [1.165, 1.54) is 19.1 Å². The third-order valence-electron chi connectivity index (χ3n) is 6.95. The second kappa shape index (κ2) is 12.2. The van der Waals surface area contributed by atoms with E-state index < -0.39 is 17.9 Å². The first kappa shape index (κ1) is 27.9. The molecule has 10 nitrogen and oxygen atoms in total. The maximum absolute atomic E-state index is 14.4. The number of nitrogen functional groups attached to an aromatic ring is 1. The van der Waals surface area contributed by atoms with Gasteiger partial charge in [0.15, 0.2) is 5.69 Å². The molecule has 3 amide bonds. The molecule has 5 N–H and O–H groups in total. The highest BCUT2D eigenvalue weighted by Gasteiger charge is 2.39. The van der Waals surface area contributed by atoms with Gasteiger partial charge in [0.2, 0.25) is 5.91 Å². The highest BCUT2D eigenvalue weighted by atomic mass is 32.1. The maximum Gasteiger partial charge on any atom is 0.273 e. The molecule has 4 rings (SSSR count). The van der Waals surface area contributed by atoms with Crippen molar-refractivity contribution >= 4 is 40.6 Å². The summed E-state index contributed by atoms with van der Waals surface area (Å²) in [5.41, 5.74) is 13.1. The lowest BCUT2D eigenvalue weighted by Gasteiger charge is -2.34. The highest BCUT2D eigenvalue weighted by Crippen LogP contribution is 2.39. The van der Waals surface area contributed by atoms with Crippen LogP contribution in [0.3, 0.4) is 0 Å². The van der Waals surface area contributed by atoms with Gasteiger partial charge in [0.25, 0.3) is 11.8 Å². The first-order valence-corrected chi connectivity index (χ1v) is 13.6. The summed E-state index contributed by atoms with van der Waals surface area (Å²) in [4.78, 5) is 41.9. The molecule has 1 atom stereocenters. The van der Waals surface area contributed by atoms with Gasteiger partial charge < -0.3 is 26.3 Å². The summed E-state index contributed by atoms with van der Waals surface area (Å²) >= 11 is 0.769. The van der Waals surface area contributed by atoms with E-state index in [9.17, 15) is 14.4 Å². The van der Waals surface area contributed by atoms with E-state index in [1.54, 1.807) is 30.3 Å². The molecule has 0 aliphatic heterocycles. The molecular weight excluding hydrogens is 518 g/mol. The van der Waals surface area contributed by atoms with Crippen molar-refractivity contribution < 1.29 is 23.9 Å². The van der Waals surface area contributed by atoms with Gasteiger partial charge in [0.05, 0.1) is 19.9 Å². The zero-order valence-electron chi connectivity index (χ0n) is 22.2. The fourth-order valence-electron chi connectivity index (χ4n) is 4.95. The van der Waals surface area contributed by atoms with Crippen molar-refractivity contribution in [3.05, 3.63) is 64.2 Å². The Morgan fingerprint density at radius 1 is 1.13 bits per heavy atom. The number of nitrogens with zero attached hydrogens (tertiary/aromatic N) is 2. The van der Waals surface area contributed by atoms with Gasteiger partial charge in [0.1, 0.15) is 22.4 Å². The number of aryl methyl sites for hydroxylation is 1. The zero-order chi connectivity index (χ0) is 28.1. The molecule has 0 unspecified atom stereocenters. The molecule has 1 aliphatic rings. The Hall–Kier alpha value is -4.12. The number of primary amides is 1. The minimum atomic E-state index is -1.16. The Kier molecular flexibility index (Phi) is 8.70. The van der Waals surface area contributed by atoms with Gasteiger partial charge in [-0.3, -0.25) is 19.3 Å². The van der Waals surface area contributed by atoms with Crippen molar-refractivity contribution in [2.75, 3.05) is 24.9 Å². The number of ether oxygens (including phenoxy) is 2. The van der Waals surface area contributed by atoms with Crippen LogP contribution in [0.15, 0.2) is 42.5 Å². The van der Waals surface area contributed by atoms with Crippen LogP contribution in [0.1, 0.15) is 69.9 Å². The first-order chi connectivity index (χ1) is 18.8. The first-order valence-electron chi connectivity index (χ1n) is 12.8. The fraction of sp³-hybridized carbons (Fsp3) is 0.357. The number of para-hydroxylation sites is 1. The molecule has 1 heterocycles. The smallest absolute Gasteiger partial charge is 0.273 e. The van der Waals surface area contributed by atoms with Gasteiger partial charge in [0, 0.05) is 17.3 Å². The number of amides is 3. The van der Waals surface area contributed by atoms with Crippen LogP contribution < -0.4 is 31.2 Å². The summed E-state index contributed by atoms with van der Waals surface area (Å²) in [6, 6.07) is 11.3. The fourth-order valence-corrected chi connectivity index (χ4v) is 5.69. The van der Waals surface area contributed by atoms with E-state index in [4.69, 9.17) is 20.9 Å². The molecule has 206 valence electrons. The van der Waals surface area contributed by atoms with E-state index in [1.807, 2.05) is 19.1 Å². The summed E-state index contributed by atoms with van der Waals surface area (Å²) in [7, 11) is 3.03. The quantitative estimate of drug-likeness (QED) is 0.346. The van der Waals surface area contributed by atoms with Gasteiger partial charge >= 0.3 is 0 Å². The number of hydrogen-bond donors (Lipinski definition) is 3. The largest absolute Gasteiger partial charge is 0.497 e. The number of benzene rings is 2. The predicted molar refractivity (Wildman–Crippen MR) is 150 cm³/mol. The van der Waals surface area contributed by atoms with Crippen molar-refractivity contribution in [1.82, 2.24) is 9.69 Å². The summed E-state index contributed by atoms with van der Waals surface area (Å²) in [5, 5.41) is 3.15. The van der Waals surface area contributed by atoms with Gasteiger partial charge in [-0.15, -0.1) is 0 Å². The number of aromatic nitrogens is 1. The predicted octanol–water partition coefficient (Wildman–Crippen LogP) is 3.85. The summed E-state index contributed by atoms with van der Waals surface area (Å²) in [6.45, 7) is 1.97. The number of carbonyl (C=O) groups is 3. The molecule has 1 fully saturated rings. The number of hydrogen-bond acceptors (Lipinski definition) is 8. The second-order valence-electron chi connectivity index (χ2n) is 9.30. The molecule has 1 aromatic heterocycles. The Balaban J connectivity index is 1.96. The molecule has 0 spiro atoms. The van der Waals surface area contributed by atoms with Gasteiger partial charge in [-0.2, -0.15) is 4.37 Å². The van der Waals surface area contributed by atoms with Crippen LogP contribution in [0.5, 0.6) is 11.5 Å². The molecule has 1 aliphatic carbocycles. The Labute approximate surface area is 231 Å². The summed E-state index contributed by atoms with van der Waals surface area (Å²) < 4.78 is 15.2. The van der Waals surface area contributed by atoms with Crippen LogP contribution in [0.2, 0.25) is 0 Å². The van der Waals surface area contributed by atoms with Crippen molar-refractivity contribution in [2.45, 2.75) is 51.1 Å². The standard InChI is InChI=1S/C28H33N5O5S/c1-4-16-9-5-8-12-20(16)33(28(36)25-22(29)23(26(30)34)32-39-25)24(27(35)31-17-10-6-7-11-17)19-15-18(37-2)13-14-21(19)38-3/h5,8-9,12-15,17,24H,4,6-7,10-11,29H2,1-3H3,(H2,30,34)(H,31,35)/t24-/m0/s1. The van der Waals surface area contributed by atoms with Crippen LogP contribution >= 0.6 is 11.5 Å². The van der Waals surface area contributed by atoms with Crippen LogP contribution in [-0.4, -0.2) is 42.4 Å². The van der Waals surface area contributed by atoms with E-state index in [0.717, 1.165) is 42.8 Å². The zero-order valence-corrected chi connectivity index (χ0v) is 23.0. The molecule has 11 heteroatoms. The highest BCUT2D eigenvalue weighted by molar-refractivity contribution is 7.09. The molecule has 3 aromatic rings. The van der Waals surface area contributed by atoms with E-state index in [0.29, 0.717) is 29.2 Å². The number of nitrogens with one attached hydrogen (secondary N) is 1. The third kappa shape index (κ3) is 5.68. The van der Waals surface area contributed by atoms with Crippen molar-refractivity contribution in [1.29, 1.82) is 0 Å². The molecule has 0 radical (unpaired) electrons. The number of methoxy groups -OCH3 is 2. The van der Waals surface area contributed by atoms with Gasteiger partial charge in [-0.1, -0.05) is 38.0 Å². The molecule has 0 bridgehead atoms. The van der Waals surface area contributed by atoms with Crippen LogP contribution in [0, 0.1) is 0 Å². The van der Waals surface area contributed by atoms with Crippen molar-refractivity contribution in [3.8, 4) is 11.5 Å². The summed E-state index contributed by atoms with van der Waals surface area (Å²) in [6.07, 6.45) is 4.35. The van der Waals surface area contributed by atoms with Gasteiger partial charge in [-0.05, 0) is 60.6 Å². The van der Waals surface area contributed by atoms with Gasteiger partial charge in [-0.25, -0.2) is 0 Å². The average Bonchev–Trinajstić information content (AvgIpc) is 3.60. The number of rotatable bonds is 10. The normalized spacial score (nSPS) is 14.0. The van der Waals surface area contributed by atoms with E-state index in [-0.39, 0.29) is 28.2 Å². The topological polar surface area (TPSA) is 150 Å². The van der Waals surface area contributed by atoms with Crippen molar-refractivity contribution in [3.63, 3.8) is 0 Å². The lowest BCUT2D eigenvalue weighted by Crippen LogP contribution is -2.46. The minimum absolute atomic E-state index is 0.00934. The van der Waals surface area contributed by atoms with Crippen molar-refractivity contribution in [2.24, 2.45) is 5.73 Å². The third-order valence-corrected chi connectivity index (χ3v) is 7.80. The number of nitrogens with two attached hydrogens (primary N) is 2. The van der Waals surface area contributed by atoms with Crippen LogP contribution in [0.4, 0.5) is 11.4 Å².